The fourth-order valence-electron chi connectivity index (χ4n) is 11.8. The maximum atomic E-state index is 12.7. The lowest BCUT2D eigenvalue weighted by Crippen LogP contribution is -2.16. The number of halogens is 1. The summed E-state index contributed by atoms with van der Waals surface area (Å²) in [6.07, 6.45) is 49.5. The lowest BCUT2D eigenvalue weighted by atomic mass is 9.89. The van der Waals surface area contributed by atoms with E-state index in [1.165, 1.54) is 98.6 Å². The van der Waals surface area contributed by atoms with E-state index in [4.69, 9.17) is 6.57 Å². The van der Waals surface area contributed by atoms with Crippen molar-refractivity contribution in [2.24, 2.45) is 0 Å². The highest BCUT2D eigenvalue weighted by molar-refractivity contribution is 5.44. The number of aromatic nitrogens is 20. The molecule has 13 aromatic heterocycles. The van der Waals surface area contributed by atoms with Crippen molar-refractivity contribution in [2.45, 2.75) is 388 Å². The molecule has 0 amide bonds. The van der Waals surface area contributed by atoms with E-state index in [1.54, 1.807) is 30.9 Å². The van der Waals surface area contributed by atoms with Crippen LogP contribution in [0, 0.1) is 61.0 Å². The van der Waals surface area contributed by atoms with E-state index in [1.807, 2.05) is 197 Å². The fraction of sp³-hybridized carbons (Fsp3) is 0.508. The fourth-order valence-corrected chi connectivity index (χ4v) is 11.8. The van der Waals surface area contributed by atoms with Crippen LogP contribution in [0.25, 0.3) is 4.85 Å². The van der Waals surface area contributed by atoms with Gasteiger partial charge in [0.15, 0.2) is 0 Å². The minimum Gasteiger partial charge on any atom is -0.351 e. The number of rotatable bonds is 10. The van der Waals surface area contributed by atoms with Crippen molar-refractivity contribution in [3.8, 4) is 0 Å². The standard InChI is InChI=1S/C11H17N3.C11H16N2.C10H17N3.3C9H14N2.C9H10N2.4C9H13N.C8H10FN.C8H12N2/c1-11(2,3)8-6-12-10(13-7-8)14-9-4-5-9;1-11(2,3)9-6-12-10(13-7-9)8-4-5-8;1-10(2,3)8-6-11-9(12-7-8)13(4)5;3*1-7-10-5-8(6-11-7)9(2,3)4;1-7(2)8-4-9(10-3)6-11-5-8;2*1-7(2)9-4-8(3)5-10-6-9;1-7(2)9-5-4-8(3)10-6-9;1-7(2)9-5-4-6-10-8(9)3;1-6(2)7-4-3-5-10-8(7)9;1-8(2,3)7-4-9-6-10-5-7/h6-7,9H,4-5H2,1-3H3,(H,12,13,14);6-8H,4-5H2,1-3H3;6-7H,1-5H3;3*5-6H,1-4H3;4-7H,1-2H3;4*4-7H,1-3H3;3-6H,1-2H3;4-6H,1-3H3. The predicted octanol–water partition coefficient (Wildman–Crippen LogP) is 30.0. The van der Waals surface area contributed by atoms with Crippen molar-refractivity contribution >= 4 is 17.6 Å². The molecule has 1 N–H and O–H groups in total. The van der Waals surface area contributed by atoms with Crippen molar-refractivity contribution in [3.05, 3.63) is 339 Å². The van der Waals surface area contributed by atoms with Crippen LogP contribution in [0.5, 0.6) is 0 Å². The van der Waals surface area contributed by atoms with Gasteiger partial charge in [-0.1, -0.05) is 259 Å². The van der Waals surface area contributed by atoms with Gasteiger partial charge in [-0.2, -0.15) is 4.39 Å². The second-order valence-corrected chi connectivity index (χ2v) is 45.8. The van der Waals surface area contributed by atoms with Gasteiger partial charge >= 0.3 is 0 Å². The molecule has 23 nitrogen and oxygen atoms in total. The average Bonchev–Trinajstić information content (AvgIpc) is 1.57. The zero-order valence-electron chi connectivity index (χ0n) is 95.7. The molecule has 144 heavy (non-hydrogen) atoms. The molecule has 2 fully saturated rings. The Morgan fingerprint density at radius 1 is 0.326 bits per heavy atom. The smallest absolute Gasteiger partial charge is 0.224 e. The van der Waals surface area contributed by atoms with E-state index in [0.29, 0.717) is 52.8 Å². The van der Waals surface area contributed by atoms with E-state index in [-0.39, 0.29) is 49.8 Å². The summed E-state index contributed by atoms with van der Waals surface area (Å²) < 4.78 is 12.7. The predicted molar refractivity (Wildman–Crippen MR) is 597 cm³/mol. The molecule has 0 spiro atoms. The van der Waals surface area contributed by atoms with Crippen molar-refractivity contribution in [1.29, 1.82) is 0 Å². The molecule has 0 saturated heterocycles. The molecule has 0 aromatic carbocycles. The van der Waals surface area contributed by atoms with Gasteiger partial charge in [-0.25, -0.2) is 79.6 Å². The lowest BCUT2D eigenvalue weighted by Gasteiger charge is -2.18. The highest BCUT2D eigenvalue weighted by atomic mass is 19.1. The molecule has 2 aliphatic rings. The largest absolute Gasteiger partial charge is 0.351 e. The molecule has 0 radical (unpaired) electrons. The monoisotopic (exact) mass is 1960 g/mol. The van der Waals surface area contributed by atoms with Gasteiger partial charge in [0.05, 0.1) is 6.57 Å². The van der Waals surface area contributed by atoms with Crippen molar-refractivity contribution in [2.75, 3.05) is 24.3 Å². The summed E-state index contributed by atoms with van der Waals surface area (Å²) in [5.41, 5.74) is 21.8. The van der Waals surface area contributed by atoms with E-state index < -0.39 is 0 Å². The maximum absolute atomic E-state index is 12.7. The molecule has 15 rings (SSSR count). The van der Waals surface area contributed by atoms with E-state index in [0.717, 1.165) is 57.7 Å². The summed E-state index contributed by atoms with van der Waals surface area (Å²) >= 11 is 0. The van der Waals surface area contributed by atoms with Crippen LogP contribution in [0.3, 0.4) is 0 Å². The number of pyridine rings is 6. The van der Waals surface area contributed by atoms with E-state index in [9.17, 15) is 4.39 Å². The number of nitrogens with one attached hydrogen (secondary N) is 1. The Balaban J connectivity index is 0.000000402. The first-order valence-corrected chi connectivity index (χ1v) is 50.5. The van der Waals surface area contributed by atoms with Gasteiger partial charge in [0.1, 0.15) is 29.6 Å². The second-order valence-electron chi connectivity index (χ2n) is 45.8. The summed E-state index contributed by atoms with van der Waals surface area (Å²) in [6.45, 7) is 91.5. The number of hydrogen-bond acceptors (Lipinski definition) is 22. The van der Waals surface area contributed by atoms with Crippen LogP contribution in [0.4, 0.5) is 22.0 Å². The first kappa shape index (κ1) is 126. The van der Waals surface area contributed by atoms with Crippen LogP contribution in [0.15, 0.2) is 203 Å². The number of aryl methyl sites for hydroxylation is 7. The highest BCUT2D eigenvalue weighted by Crippen LogP contribution is 2.38. The summed E-state index contributed by atoms with van der Waals surface area (Å²) in [7, 11) is 3.87. The Hall–Kier alpha value is -12.5. The van der Waals surface area contributed by atoms with Gasteiger partial charge in [0.2, 0.25) is 23.5 Å². The summed E-state index contributed by atoms with van der Waals surface area (Å²) in [5, 5.41) is 3.27. The van der Waals surface area contributed by atoms with Gasteiger partial charge in [-0.15, -0.1) is 0 Å². The van der Waals surface area contributed by atoms with Gasteiger partial charge in [0.25, 0.3) is 0 Å². The van der Waals surface area contributed by atoms with Crippen molar-refractivity contribution in [3.63, 3.8) is 0 Å². The maximum Gasteiger partial charge on any atom is 0.224 e. The topological polar surface area (TPSA) is 277 Å². The number of nitrogens with zero attached hydrogens (tertiary/aromatic N) is 22. The third kappa shape index (κ3) is 51.6. The van der Waals surface area contributed by atoms with E-state index in [2.05, 4.69) is 376 Å². The molecule has 0 unspecified atom stereocenters. The molecule has 778 valence electrons. The Morgan fingerprint density at radius 3 is 0.924 bits per heavy atom. The molecule has 0 bridgehead atoms. The van der Waals surface area contributed by atoms with Crippen LogP contribution < -0.4 is 10.2 Å². The minimum atomic E-state index is -0.350. The quantitative estimate of drug-likeness (QED) is 0.0983. The van der Waals surface area contributed by atoms with Crippen molar-refractivity contribution in [1.82, 2.24) is 99.7 Å². The third-order valence-corrected chi connectivity index (χ3v) is 22.5. The molecule has 13 aromatic rings. The Kier molecular flexibility index (Phi) is 52.6. The number of hydrogen-bond donors (Lipinski definition) is 1. The first-order chi connectivity index (χ1) is 66.9. The Bertz CT molecular complexity index is 5480. The summed E-state index contributed by atoms with van der Waals surface area (Å²) in [6, 6.07) is 18.7. The normalized spacial score (nSPS) is 12.1. The minimum absolute atomic E-state index is 0.130. The van der Waals surface area contributed by atoms with Crippen LogP contribution in [-0.4, -0.2) is 120 Å². The molecule has 2 saturated carbocycles. The third-order valence-electron chi connectivity index (χ3n) is 22.5. The highest BCUT2D eigenvalue weighted by Gasteiger charge is 2.28. The SMILES string of the molecule is CC(C)(C)c1cnc(C2CC2)nc1.CC(C)(C)c1cnc(NC2CC2)nc1.CC(C)(C)c1cncnc1.CC(C)c1cccnc1F.CN(C)c1ncc(C(C)(C)C)cn1.Cc1ccc(C(C)C)cn1.Cc1cncc(C(C)C)c1.Cc1cncc(C(C)C)c1.Cc1ncc(C(C)(C)C)cn1.Cc1ncc(C(C)(C)C)cn1.Cc1ncc(C(C)(C)C)cn1.Cc1ncccc1C(C)C.[C-]#[N+]c1cncc(C(C)C)c1. The average molecular weight is 1960 g/mol. The van der Waals surface area contributed by atoms with Gasteiger partial charge in [-0.3, -0.25) is 24.9 Å². The zero-order chi connectivity index (χ0) is 109. The zero-order valence-corrected chi connectivity index (χ0v) is 95.7. The molecule has 24 heteroatoms. The molecule has 2 aliphatic carbocycles. The summed E-state index contributed by atoms with van der Waals surface area (Å²) in [4.78, 5) is 87.9. The molecular weight excluding hydrogens is 1780 g/mol. The van der Waals surface area contributed by atoms with Gasteiger partial charge < -0.3 is 10.2 Å². The Morgan fingerprint density at radius 2 is 0.653 bits per heavy atom. The first-order valence-electron chi connectivity index (χ1n) is 50.5. The van der Waals surface area contributed by atoms with Crippen LogP contribution in [0.2, 0.25) is 0 Å². The van der Waals surface area contributed by atoms with E-state index >= 15 is 0 Å². The van der Waals surface area contributed by atoms with Crippen LogP contribution in [-0.2, 0) is 37.9 Å². The molecule has 0 atom stereocenters. The lowest BCUT2D eigenvalue weighted by molar-refractivity contribution is 0.556. The van der Waals surface area contributed by atoms with Gasteiger partial charge in [0, 0.05) is 186 Å². The van der Waals surface area contributed by atoms with Gasteiger partial charge in [-0.05, 0) is 250 Å². The second kappa shape index (κ2) is 60.3. The summed E-state index contributed by atoms with van der Waals surface area (Å²) in [5.74, 6) is 8.39. The molecular formula is C120H176FN23. The van der Waals surface area contributed by atoms with Crippen LogP contribution >= 0.6 is 0 Å². The van der Waals surface area contributed by atoms with Crippen LogP contribution in [0.1, 0.15) is 414 Å². The molecule has 13 heterocycles. The Labute approximate surface area is 867 Å². The van der Waals surface area contributed by atoms with Crippen molar-refractivity contribution < 1.29 is 4.39 Å². The number of anilines is 2. The molecule has 0 aliphatic heterocycles.